The van der Waals surface area contributed by atoms with E-state index in [4.69, 9.17) is 0 Å². The zero-order valence-electron chi connectivity index (χ0n) is 11.5. The molecule has 21 heavy (non-hydrogen) atoms. The van der Waals surface area contributed by atoms with Gasteiger partial charge in [-0.15, -0.1) is 23.1 Å². The molecule has 1 N–H and O–H groups in total. The molecular weight excluding hydrogens is 306 g/mol. The minimum absolute atomic E-state index is 0.0429. The number of amides is 2. The molecule has 0 radical (unpaired) electrons. The number of benzene rings is 1. The normalized spacial score (nSPS) is 18.3. The molecule has 7 heteroatoms. The summed E-state index contributed by atoms with van der Waals surface area (Å²) in [5.41, 5.74) is 1.15. The molecule has 1 aromatic heterocycles. The lowest BCUT2D eigenvalue weighted by Crippen LogP contribution is -2.26. The SMILES string of the molecule is CC1Sc2ccc(C(=O)N=c3sccn3C)cc2NC1=O. The van der Waals surface area contributed by atoms with Crippen molar-refractivity contribution < 1.29 is 9.59 Å². The predicted molar refractivity (Wildman–Crippen MR) is 83.6 cm³/mol. The van der Waals surface area contributed by atoms with Gasteiger partial charge in [0.25, 0.3) is 5.91 Å². The van der Waals surface area contributed by atoms with Crippen LogP contribution < -0.4 is 10.1 Å². The summed E-state index contributed by atoms with van der Waals surface area (Å²) in [5.74, 6) is -0.354. The van der Waals surface area contributed by atoms with Gasteiger partial charge in [-0.1, -0.05) is 0 Å². The van der Waals surface area contributed by atoms with E-state index in [2.05, 4.69) is 10.3 Å². The smallest absolute Gasteiger partial charge is 0.279 e. The molecule has 0 saturated carbocycles. The van der Waals surface area contributed by atoms with Crippen LogP contribution in [-0.2, 0) is 11.8 Å². The Bertz CT molecular complexity index is 792. The van der Waals surface area contributed by atoms with Crippen molar-refractivity contribution in [3.05, 3.63) is 40.1 Å². The Morgan fingerprint density at radius 1 is 1.43 bits per heavy atom. The minimum Gasteiger partial charge on any atom is -0.327 e. The van der Waals surface area contributed by atoms with Gasteiger partial charge in [-0.25, -0.2) is 0 Å². The second-order valence-electron chi connectivity index (χ2n) is 4.67. The van der Waals surface area contributed by atoms with Gasteiger partial charge in [0.1, 0.15) is 0 Å². The number of nitrogens with one attached hydrogen (secondary N) is 1. The molecule has 2 amide bonds. The molecule has 0 fully saturated rings. The number of thioether (sulfide) groups is 1. The minimum atomic E-state index is -0.311. The first-order chi connectivity index (χ1) is 10.0. The van der Waals surface area contributed by atoms with Crippen molar-refractivity contribution >= 4 is 40.6 Å². The third kappa shape index (κ3) is 2.79. The third-order valence-corrected chi connectivity index (χ3v) is 5.14. The first-order valence-electron chi connectivity index (χ1n) is 6.35. The highest BCUT2D eigenvalue weighted by Gasteiger charge is 2.23. The van der Waals surface area contributed by atoms with Crippen molar-refractivity contribution in [1.82, 2.24) is 4.57 Å². The standard InChI is InChI=1S/C14H13N3O2S2/c1-8-12(18)15-10-7-9(3-4-11(10)21-8)13(19)16-14-17(2)5-6-20-14/h3-8H,1-2H3,(H,15,18). The lowest BCUT2D eigenvalue weighted by Gasteiger charge is -2.21. The fourth-order valence-corrected chi connectivity index (χ4v) is 3.59. The zero-order chi connectivity index (χ0) is 15.0. The quantitative estimate of drug-likeness (QED) is 0.877. The van der Waals surface area contributed by atoms with Crippen LogP contribution in [0.4, 0.5) is 5.69 Å². The van der Waals surface area contributed by atoms with Crippen molar-refractivity contribution in [3.8, 4) is 0 Å². The van der Waals surface area contributed by atoms with Gasteiger partial charge in [0.15, 0.2) is 4.80 Å². The second-order valence-corrected chi connectivity index (χ2v) is 6.93. The van der Waals surface area contributed by atoms with E-state index in [9.17, 15) is 9.59 Å². The highest BCUT2D eigenvalue weighted by atomic mass is 32.2. The average molecular weight is 319 g/mol. The molecule has 2 aromatic rings. The van der Waals surface area contributed by atoms with Crippen molar-refractivity contribution in [2.75, 3.05) is 5.32 Å². The highest BCUT2D eigenvalue weighted by molar-refractivity contribution is 8.00. The van der Waals surface area contributed by atoms with Gasteiger partial charge in [-0.2, -0.15) is 4.99 Å². The van der Waals surface area contributed by atoms with E-state index in [1.807, 2.05) is 31.6 Å². The Balaban J connectivity index is 1.95. The monoisotopic (exact) mass is 319 g/mol. The number of thiazole rings is 1. The number of aryl methyl sites for hydroxylation is 1. The maximum Gasteiger partial charge on any atom is 0.279 e. The maximum absolute atomic E-state index is 12.2. The van der Waals surface area contributed by atoms with E-state index in [0.29, 0.717) is 16.1 Å². The number of carbonyl (C=O) groups is 2. The largest absolute Gasteiger partial charge is 0.327 e. The number of fused-ring (bicyclic) bond motifs is 1. The number of anilines is 1. The number of aromatic nitrogens is 1. The molecule has 1 aliphatic rings. The summed E-state index contributed by atoms with van der Waals surface area (Å²) in [6.07, 6.45) is 1.85. The van der Waals surface area contributed by atoms with Crippen molar-refractivity contribution in [2.24, 2.45) is 12.0 Å². The fraction of sp³-hybridized carbons (Fsp3) is 0.214. The van der Waals surface area contributed by atoms with Crippen molar-refractivity contribution in [3.63, 3.8) is 0 Å². The lowest BCUT2D eigenvalue weighted by atomic mass is 10.2. The van der Waals surface area contributed by atoms with Gasteiger partial charge in [0, 0.05) is 29.1 Å². The van der Waals surface area contributed by atoms with Gasteiger partial charge in [-0.05, 0) is 25.1 Å². The summed E-state index contributed by atoms with van der Waals surface area (Å²) >= 11 is 2.90. The van der Waals surface area contributed by atoms with E-state index in [0.717, 1.165) is 4.90 Å². The van der Waals surface area contributed by atoms with Crippen LogP contribution in [0.1, 0.15) is 17.3 Å². The van der Waals surface area contributed by atoms with Crippen LogP contribution >= 0.6 is 23.1 Å². The van der Waals surface area contributed by atoms with Gasteiger partial charge >= 0.3 is 0 Å². The summed E-state index contributed by atoms with van der Waals surface area (Å²) in [7, 11) is 1.84. The van der Waals surface area contributed by atoms with Gasteiger partial charge < -0.3 is 9.88 Å². The molecule has 3 rings (SSSR count). The number of nitrogens with zero attached hydrogens (tertiary/aromatic N) is 2. The molecule has 1 aliphatic heterocycles. The van der Waals surface area contributed by atoms with Gasteiger partial charge in [-0.3, -0.25) is 9.59 Å². The third-order valence-electron chi connectivity index (χ3n) is 3.11. The summed E-state index contributed by atoms with van der Waals surface area (Å²) in [6.45, 7) is 1.86. The maximum atomic E-state index is 12.2. The molecule has 5 nitrogen and oxygen atoms in total. The zero-order valence-corrected chi connectivity index (χ0v) is 13.1. The van der Waals surface area contributed by atoms with E-state index in [1.54, 1.807) is 16.7 Å². The molecule has 1 unspecified atom stereocenters. The molecule has 1 aromatic carbocycles. The molecular formula is C14H13N3O2S2. The second kappa shape index (κ2) is 5.50. The van der Waals surface area contributed by atoms with Crippen LogP contribution in [0.15, 0.2) is 39.7 Å². The summed E-state index contributed by atoms with van der Waals surface area (Å²) in [6, 6.07) is 5.29. The predicted octanol–water partition coefficient (Wildman–Crippen LogP) is 2.26. The average Bonchev–Trinajstić information content (AvgIpc) is 2.85. The fourth-order valence-electron chi connectivity index (χ4n) is 1.93. The topological polar surface area (TPSA) is 63.5 Å². The van der Waals surface area contributed by atoms with E-state index >= 15 is 0 Å². The Kier molecular flexibility index (Phi) is 3.69. The van der Waals surface area contributed by atoms with Crippen LogP contribution in [0.5, 0.6) is 0 Å². The van der Waals surface area contributed by atoms with Crippen LogP contribution in [0.2, 0.25) is 0 Å². The molecule has 1 atom stereocenters. The Labute approximate surface area is 129 Å². The van der Waals surface area contributed by atoms with Gasteiger partial charge in [0.2, 0.25) is 5.91 Å². The molecule has 0 bridgehead atoms. The number of hydrogen-bond acceptors (Lipinski definition) is 4. The van der Waals surface area contributed by atoms with Crippen LogP contribution in [0.3, 0.4) is 0 Å². The van der Waals surface area contributed by atoms with Crippen LogP contribution in [0, 0.1) is 0 Å². The first kappa shape index (κ1) is 14.1. The Morgan fingerprint density at radius 2 is 2.24 bits per heavy atom. The molecule has 0 spiro atoms. The lowest BCUT2D eigenvalue weighted by molar-refractivity contribution is -0.115. The van der Waals surface area contributed by atoms with Crippen molar-refractivity contribution in [2.45, 2.75) is 17.1 Å². The van der Waals surface area contributed by atoms with Crippen molar-refractivity contribution in [1.29, 1.82) is 0 Å². The van der Waals surface area contributed by atoms with E-state index in [-0.39, 0.29) is 17.1 Å². The Morgan fingerprint density at radius 3 is 2.95 bits per heavy atom. The van der Waals surface area contributed by atoms with E-state index < -0.39 is 0 Å². The Hall–Kier alpha value is -1.86. The van der Waals surface area contributed by atoms with Crippen LogP contribution in [-0.4, -0.2) is 21.6 Å². The van der Waals surface area contributed by atoms with Crippen LogP contribution in [0.25, 0.3) is 0 Å². The molecule has 0 aliphatic carbocycles. The molecule has 0 saturated heterocycles. The number of hydrogen-bond donors (Lipinski definition) is 1. The van der Waals surface area contributed by atoms with E-state index in [1.165, 1.54) is 23.1 Å². The highest BCUT2D eigenvalue weighted by Crippen LogP contribution is 2.35. The summed E-state index contributed by atoms with van der Waals surface area (Å²) in [5, 5.41) is 4.57. The first-order valence-corrected chi connectivity index (χ1v) is 8.11. The summed E-state index contributed by atoms with van der Waals surface area (Å²) < 4.78 is 1.79. The summed E-state index contributed by atoms with van der Waals surface area (Å²) in [4.78, 5) is 29.6. The molecule has 2 heterocycles. The number of carbonyl (C=O) groups excluding carboxylic acids is 2. The van der Waals surface area contributed by atoms with Gasteiger partial charge in [0.05, 0.1) is 10.9 Å². The molecule has 108 valence electrons. The number of rotatable bonds is 1.